The molecule has 1 fully saturated rings. The molecule has 1 heterocycles. The first-order valence-electron chi connectivity index (χ1n) is 5.87. The van der Waals surface area contributed by atoms with Gasteiger partial charge in [-0.2, -0.15) is 0 Å². The Morgan fingerprint density at radius 1 is 1.40 bits per heavy atom. The van der Waals surface area contributed by atoms with Crippen molar-refractivity contribution in [2.24, 2.45) is 5.73 Å². The van der Waals surface area contributed by atoms with E-state index < -0.39 is 0 Å². The molecule has 15 heavy (non-hydrogen) atoms. The van der Waals surface area contributed by atoms with Crippen molar-refractivity contribution >= 4 is 11.3 Å². The highest BCUT2D eigenvalue weighted by molar-refractivity contribution is 7.09. The van der Waals surface area contributed by atoms with Crippen LogP contribution in [-0.4, -0.2) is 18.6 Å². The predicted octanol–water partition coefficient (Wildman–Crippen LogP) is 2.15. The maximum Gasteiger partial charge on any atom is 0.0219 e. The Balaban J connectivity index is 1.68. The zero-order chi connectivity index (χ0) is 10.5. The fourth-order valence-electron chi connectivity index (χ4n) is 2.25. The van der Waals surface area contributed by atoms with Gasteiger partial charge in [0.2, 0.25) is 0 Å². The third-order valence-electron chi connectivity index (χ3n) is 3.18. The number of nitrogens with one attached hydrogen (secondary N) is 1. The molecule has 0 radical (unpaired) electrons. The molecule has 0 amide bonds. The van der Waals surface area contributed by atoms with E-state index in [4.69, 9.17) is 5.73 Å². The molecule has 1 aromatic heterocycles. The van der Waals surface area contributed by atoms with E-state index in [1.165, 1.54) is 30.6 Å². The van der Waals surface area contributed by atoms with Crippen LogP contribution in [0, 0.1) is 0 Å². The van der Waals surface area contributed by atoms with Crippen LogP contribution in [0.5, 0.6) is 0 Å². The van der Waals surface area contributed by atoms with E-state index in [-0.39, 0.29) is 0 Å². The second-order valence-corrected chi connectivity index (χ2v) is 5.37. The number of rotatable bonds is 4. The minimum atomic E-state index is 0.377. The van der Waals surface area contributed by atoms with Gasteiger partial charge in [-0.25, -0.2) is 0 Å². The summed E-state index contributed by atoms with van der Waals surface area (Å²) >= 11 is 1.84. The first-order valence-corrected chi connectivity index (χ1v) is 6.75. The van der Waals surface area contributed by atoms with Gasteiger partial charge in [0.25, 0.3) is 0 Å². The Hall–Kier alpha value is -0.380. The summed E-state index contributed by atoms with van der Waals surface area (Å²) in [4.78, 5) is 1.46. The topological polar surface area (TPSA) is 38.0 Å². The SMILES string of the molecule is N[C@H]1CCCC[C@H]1NCCc1cccs1. The van der Waals surface area contributed by atoms with Gasteiger partial charge >= 0.3 is 0 Å². The van der Waals surface area contributed by atoms with Crippen LogP contribution in [0.4, 0.5) is 0 Å². The van der Waals surface area contributed by atoms with Crippen LogP contribution in [-0.2, 0) is 6.42 Å². The average molecular weight is 224 g/mol. The molecule has 0 saturated heterocycles. The Kier molecular flexibility index (Phi) is 4.18. The fraction of sp³-hybridized carbons (Fsp3) is 0.667. The van der Waals surface area contributed by atoms with Gasteiger partial charge in [0.1, 0.15) is 0 Å². The summed E-state index contributed by atoms with van der Waals surface area (Å²) in [5, 5.41) is 5.73. The second-order valence-electron chi connectivity index (χ2n) is 4.34. The molecule has 1 aliphatic carbocycles. The third kappa shape index (κ3) is 3.30. The summed E-state index contributed by atoms with van der Waals surface area (Å²) < 4.78 is 0. The van der Waals surface area contributed by atoms with Gasteiger partial charge in [-0.15, -0.1) is 11.3 Å². The van der Waals surface area contributed by atoms with Crippen molar-refractivity contribution in [1.82, 2.24) is 5.32 Å². The molecule has 0 bridgehead atoms. The van der Waals surface area contributed by atoms with Crippen LogP contribution >= 0.6 is 11.3 Å². The smallest absolute Gasteiger partial charge is 0.0219 e. The van der Waals surface area contributed by atoms with Crippen molar-refractivity contribution in [2.75, 3.05) is 6.54 Å². The van der Waals surface area contributed by atoms with Crippen LogP contribution < -0.4 is 11.1 Å². The molecule has 2 rings (SSSR count). The van der Waals surface area contributed by atoms with E-state index in [2.05, 4.69) is 22.8 Å². The van der Waals surface area contributed by atoms with E-state index in [0.29, 0.717) is 12.1 Å². The molecule has 1 aromatic rings. The summed E-state index contributed by atoms with van der Waals surface area (Å²) in [6.07, 6.45) is 6.23. The monoisotopic (exact) mass is 224 g/mol. The van der Waals surface area contributed by atoms with Crippen molar-refractivity contribution in [3.8, 4) is 0 Å². The van der Waals surface area contributed by atoms with Crippen LogP contribution in [0.1, 0.15) is 30.6 Å². The van der Waals surface area contributed by atoms with Crippen molar-refractivity contribution in [1.29, 1.82) is 0 Å². The van der Waals surface area contributed by atoms with E-state index >= 15 is 0 Å². The average Bonchev–Trinajstić information content (AvgIpc) is 2.74. The first-order chi connectivity index (χ1) is 7.36. The Morgan fingerprint density at radius 2 is 2.27 bits per heavy atom. The van der Waals surface area contributed by atoms with Gasteiger partial charge in [-0.3, -0.25) is 0 Å². The first kappa shape index (κ1) is 11.1. The van der Waals surface area contributed by atoms with Gasteiger partial charge in [-0.05, 0) is 30.7 Å². The number of hydrogen-bond acceptors (Lipinski definition) is 3. The lowest BCUT2D eigenvalue weighted by Gasteiger charge is -2.29. The van der Waals surface area contributed by atoms with Gasteiger partial charge in [0.05, 0.1) is 0 Å². The Bertz CT molecular complexity index is 271. The van der Waals surface area contributed by atoms with E-state index in [9.17, 15) is 0 Å². The molecule has 0 aromatic carbocycles. The van der Waals surface area contributed by atoms with Crippen LogP contribution in [0.25, 0.3) is 0 Å². The third-order valence-corrected chi connectivity index (χ3v) is 4.11. The van der Waals surface area contributed by atoms with E-state index in [0.717, 1.165) is 13.0 Å². The van der Waals surface area contributed by atoms with E-state index in [1.54, 1.807) is 0 Å². The minimum absolute atomic E-state index is 0.377. The summed E-state index contributed by atoms with van der Waals surface area (Å²) in [5.74, 6) is 0. The molecule has 1 aliphatic rings. The number of nitrogens with two attached hydrogens (primary N) is 1. The lowest BCUT2D eigenvalue weighted by Crippen LogP contribution is -2.47. The Labute approximate surface area is 95.9 Å². The summed E-state index contributed by atoms with van der Waals surface area (Å²) in [5.41, 5.74) is 6.08. The molecule has 1 saturated carbocycles. The highest BCUT2D eigenvalue weighted by Gasteiger charge is 2.20. The zero-order valence-electron chi connectivity index (χ0n) is 9.11. The van der Waals surface area contributed by atoms with E-state index in [1.807, 2.05) is 11.3 Å². The number of hydrogen-bond donors (Lipinski definition) is 2. The summed E-state index contributed by atoms with van der Waals surface area (Å²) in [7, 11) is 0. The highest BCUT2D eigenvalue weighted by atomic mass is 32.1. The Morgan fingerprint density at radius 3 is 3.00 bits per heavy atom. The van der Waals surface area contributed by atoms with Crippen molar-refractivity contribution in [3.63, 3.8) is 0 Å². The largest absolute Gasteiger partial charge is 0.326 e. The summed E-state index contributed by atoms with van der Waals surface area (Å²) in [6, 6.07) is 5.25. The molecule has 84 valence electrons. The molecule has 3 N–H and O–H groups in total. The molecule has 0 unspecified atom stereocenters. The van der Waals surface area contributed by atoms with Gasteiger partial charge in [0.15, 0.2) is 0 Å². The maximum absolute atomic E-state index is 6.08. The van der Waals surface area contributed by atoms with Crippen molar-refractivity contribution in [3.05, 3.63) is 22.4 Å². The van der Waals surface area contributed by atoms with Crippen molar-refractivity contribution < 1.29 is 0 Å². The molecule has 3 heteroatoms. The molecular formula is C12H20N2S. The van der Waals surface area contributed by atoms with Crippen LogP contribution in [0.15, 0.2) is 17.5 Å². The van der Waals surface area contributed by atoms with Crippen LogP contribution in [0.2, 0.25) is 0 Å². The normalized spacial score (nSPS) is 26.7. The number of thiophene rings is 1. The van der Waals surface area contributed by atoms with Crippen LogP contribution in [0.3, 0.4) is 0 Å². The molecule has 0 spiro atoms. The minimum Gasteiger partial charge on any atom is -0.326 e. The second kappa shape index (κ2) is 5.64. The highest BCUT2D eigenvalue weighted by Crippen LogP contribution is 2.17. The maximum atomic E-state index is 6.08. The molecular weight excluding hydrogens is 204 g/mol. The molecule has 2 atom stereocenters. The van der Waals surface area contributed by atoms with Gasteiger partial charge in [-0.1, -0.05) is 18.9 Å². The van der Waals surface area contributed by atoms with Gasteiger partial charge < -0.3 is 11.1 Å². The quantitative estimate of drug-likeness (QED) is 0.822. The predicted molar refractivity (Wildman–Crippen MR) is 66.3 cm³/mol. The molecule has 2 nitrogen and oxygen atoms in total. The fourth-order valence-corrected chi connectivity index (χ4v) is 2.96. The lowest BCUT2D eigenvalue weighted by molar-refractivity contribution is 0.330. The molecule has 0 aliphatic heterocycles. The van der Waals surface area contributed by atoms with Crippen molar-refractivity contribution in [2.45, 2.75) is 44.2 Å². The lowest BCUT2D eigenvalue weighted by atomic mass is 9.91. The standard InChI is InChI=1S/C12H20N2S/c13-11-5-1-2-6-12(11)14-8-7-10-4-3-9-15-10/h3-4,9,11-12,14H,1-2,5-8,13H2/t11-,12+/m0/s1. The van der Waals surface area contributed by atoms with Gasteiger partial charge in [0, 0.05) is 23.5 Å². The summed E-state index contributed by atoms with van der Waals surface area (Å²) in [6.45, 7) is 1.07. The zero-order valence-corrected chi connectivity index (χ0v) is 9.93.